The fourth-order valence-corrected chi connectivity index (χ4v) is 5.05. The van der Waals surface area contributed by atoms with Crippen LogP contribution in [0, 0.1) is 11.3 Å². The quantitative estimate of drug-likeness (QED) is 0.473. The molecule has 0 atom stereocenters. The van der Waals surface area contributed by atoms with Crippen molar-refractivity contribution in [1.82, 2.24) is 0 Å². The van der Waals surface area contributed by atoms with Crippen molar-refractivity contribution in [2.75, 3.05) is 24.4 Å². The van der Waals surface area contributed by atoms with E-state index in [9.17, 15) is 14.9 Å². The number of anilines is 2. The first-order valence-electron chi connectivity index (χ1n) is 9.22. The largest absolute Gasteiger partial charge is 0.495 e. The minimum absolute atomic E-state index is 0.0833. The number of thiophene rings is 1. The number of para-hydroxylation sites is 2. The lowest BCUT2D eigenvalue weighted by molar-refractivity contribution is -0.135. The predicted octanol–water partition coefficient (Wildman–Crippen LogP) is 3.62. The summed E-state index contributed by atoms with van der Waals surface area (Å²) in [4.78, 5) is 28.5. The van der Waals surface area contributed by atoms with E-state index >= 15 is 0 Å². The third-order valence-electron chi connectivity index (χ3n) is 5.11. The molecule has 1 aliphatic heterocycles. The molecule has 0 bridgehead atoms. The number of carbonyl (C=O) groups is 2. The van der Waals surface area contributed by atoms with E-state index in [1.165, 1.54) is 35.3 Å². The highest BCUT2D eigenvalue weighted by Gasteiger charge is 2.39. The molecule has 0 saturated carbocycles. The average Bonchev–Trinajstić information content (AvgIpc) is 3.13. The van der Waals surface area contributed by atoms with Gasteiger partial charge in [0, 0.05) is 4.88 Å². The van der Waals surface area contributed by atoms with Gasteiger partial charge < -0.3 is 14.8 Å². The molecule has 29 heavy (non-hydrogen) atoms. The molecule has 2 aromatic rings. The highest BCUT2D eigenvalue weighted by Crippen LogP contribution is 2.45. The van der Waals surface area contributed by atoms with Crippen LogP contribution in [0.3, 0.4) is 0 Å². The highest BCUT2D eigenvalue weighted by atomic mass is 32.1. The Balaban J connectivity index is 1.98. The number of hydrogen-bond donors (Lipinski definition) is 1. The number of hydrogen-bond acceptors (Lipinski definition) is 7. The Labute approximate surface area is 172 Å². The molecule has 2 heterocycles. The first-order chi connectivity index (χ1) is 14.1. The topological polar surface area (TPSA) is 91.7 Å². The monoisotopic (exact) mass is 409 g/mol. The molecule has 0 unspecified atom stereocenters. The fraction of sp³-hybridized carbons (Fsp3) is 0.286. The van der Waals surface area contributed by atoms with Gasteiger partial charge in [0.2, 0.25) is 0 Å². The van der Waals surface area contributed by atoms with Gasteiger partial charge >= 0.3 is 5.97 Å². The van der Waals surface area contributed by atoms with Gasteiger partial charge in [0.1, 0.15) is 22.6 Å². The number of nitrogens with one attached hydrogen (secondary N) is 1. The van der Waals surface area contributed by atoms with Gasteiger partial charge in [0.05, 0.1) is 25.5 Å². The van der Waals surface area contributed by atoms with Crippen LogP contribution in [0.5, 0.6) is 5.75 Å². The van der Waals surface area contributed by atoms with E-state index in [1.54, 1.807) is 24.3 Å². The van der Waals surface area contributed by atoms with Crippen molar-refractivity contribution in [3.05, 3.63) is 51.7 Å². The second kappa shape index (κ2) is 7.60. The normalized spacial score (nSPS) is 16.9. The van der Waals surface area contributed by atoms with Crippen LogP contribution in [0.1, 0.15) is 33.6 Å². The number of ether oxygens (including phenoxy) is 2. The average molecular weight is 409 g/mol. The SMILES string of the molecule is COC(=O)/C(C#N)=C1\Nc2sc3c(c2C(=O)N1c1ccccc1OC)CCCC3. The van der Waals surface area contributed by atoms with Gasteiger partial charge in [-0.3, -0.25) is 9.69 Å². The molecule has 1 aromatic heterocycles. The van der Waals surface area contributed by atoms with Crippen LogP contribution in [0.4, 0.5) is 10.7 Å². The molecule has 0 spiro atoms. The number of rotatable bonds is 3. The van der Waals surface area contributed by atoms with Crippen LogP contribution < -0.4 is 15.0 Å². The molecule has 148 valence electrons. The zero-order valence-corrected chi connectivity index (χ0v) is 16.9. The van der Waals surface area contributed by atoms with Crippen LogP contribution in [0.25, 0.3) is 0 Å². The minimum atomic E-state index is -0.813. The van der Waals surface area contributed by atoms with Crippen molar-refractivity contribution in [2.45, 2.75) is 25.7 Å². The van der Waals surface area contributed by atoms with Gasteiger partial charge in [0.25, 0.3) is 5.91 Å². The Morgan fingerprint density at radius 1 is 1.24 bits per heavy atom. The van der Waals surface area contributed by atoms with Crippen LogP contribution in [-0.2, 0) is 22.4 Å². The molecule has 1 N–H and O–H groups in total. The molecule has 1 aromatic carbocycles. The van der Waals surface area contributed by atoms with Crippen LogP contribution >= 0.6 is 11.3 Å². The van der Waals surface area contributed by atoms with E-state index in [2.05, 4.69) is 5.32 Å². The van der Waals surface area contributed by atoms with E-state index in [0.717, 1.165) is 31.2 Å². The van der Waals surface area contributed by atoms with Gasteiger partial charge in [-0.25, -0.2) is 4.79 Å². The Hall–Kier alpha value is -3.31. The van der Waals surface area contributed by atoms with E-state index in [4.69, 9.17) is 9.47 Å². The highest BCUT2D eigenvalue weighted by molar-refractivity contribution is 7.16. The minimum Gasteiger partial charge on any atom is -0.495 e. The zero-order valence-electron chi connectivity index (χ0n) is 16.1. The predicted molar refractivity (Wildman–Crippen MR) is 109 cm³/mol. The molecular formula is C21H19N3O4S. The Bertz CT molecular complexity index is 1080. The van der Waals surface area contributed by atoms with Gasteiger partial charge in [-0.15, -0.1) is 11.3 Å². The second-order valence-electron chi connectivity index (χ2n) is 6.68. The van der Waals surface area contributed by atoms with E-state index in [0.29, 0.717) is 22.0 Å². The molecule has 0 saturated heterocycles. The summed E-state index contributed by atoms with van der Waals surface area (Å²) in [6.45, 7) is 0. The molecule has 8 heteroatoms. The number of amides is 1. The maximum atomic E-state index is 13.7. The Morgan fingerprint density at radius 2 is 2.00 bits per heavy atom. The van der Waals surface area contributed by atoms with E-state index < -0.39 is 5.97 Å². The molecule has 0 fully saturated rings. The number of nitriles is 1. The van der Waals surface area contributed by atoms with Gasteiger partial charge in [-0.2, -0.15) is 5.26 Å². The summed E-state index contributed by atoms with van der Waals surface area (Å²) in [7, 11) is 2.71. The number of carbonyl (C=O) groups excluding carboxylic acids is 2. The number of nitrogens with zero attached hydrogens (tertiary/aromatic N) is 2. The number of benzene rings is 1. The number of fused-ring (bicyclic) bond motifs is 3. The standard InChI is InChI=1S/C21H19N3O4S/c1-27-15-9-5-4-8-14(15)24-18(13(11-22)21(26)28-2)23-19-17(20(24)25)12-7-3-6-10-16(12)29-19/h4-5,8-9,23H,3,6-7,10H2,1-2H3/b18-13+. The molecule has 4 rings (SSSR count). The van der Waals surface area contributed by atoms with Crippen molar-refractivity contribution in [3.8, 4) is 11.8 Å². The number of aryl methyl sites for hydroxylation is 1. The van der Waals surface area contributed by atoms with Crippen LogP contribution in [-0.4, -0.2) is 26.1 Å². The maximum Gasteiger partial charge on any atom is 0.352 e. The summed E-state index contributed by atoms with van der Waals surface area (Å²) < 4.78 is 10.2. The summed E-state index contributed by atoms with van der Waals surface area (Å²) in [6.07, 6.45) is 3.89. The summed E-state index contributed by atoms with van der Waals surface area (Å²) in [5.41, 5.74) is 1.84. The third-order valence-corrected chi connectivity index (χ3v) is 6.32. The van der Waals surface area contributed by atoms with Gasteiger partial charge in [-0.1, -0.05) is 12.1 Å². The smallest absolute Gasteiger partial charge is 0.352 e. The summed E-state index contributed by atoms with van der Waals surface area (Å²) in [5, 5.41) is 13.5. The number of methoxy groups -OCH3 is 2. The van der Waals surface area contributed by atoms with Gasteiger partial charge in [-0.05, 0) is 43.4 Å². The van der Waals surface area contributed by atoms with Crippen molar-refractivity contribution in [3.63, 3.8) is 0 Å². The van der Waals surface area contributed by atoms with Crippen molar-refractivity contribution in [2.24, 2.45) is 0 Å². The molecule has 0 radical (unpaired) electrons. The lowest BCUT2D eigenvalue weighted by atomic mass is 9.94. The van der Waals surface area contributed by atoms with E-state index in [-0.39, 0.29) is 17.3 Å². The van der Waals surface area contributed by atoms with E-state index in [1.807, 2.05) is 6.07 Å². The molecular weight excluding hydrogens is 390 g/mol. The molecule has 1 amide bonds. The summed E-state index contributed by atoms with van der Waals surface area (Å²) in [5.74, 6) is -0.559. The molecule has 7 nitrogen and oxygen atoms in total. The summed E-state index contributed by atoms with van der Waals surface area (Å²) >= 11 is 1.51. The van der Waals surface area contributed by atoms with Crippen LogP contribution in [0.2, 0.25) is 0 Å². The van der Waals surface area contributed by atoms with Gasteiger partial charge in [0.15, 0.2) is 5.57 Å². The fourth-order valence-electron chi connectivity index (χ4n) is 3.77. The molecule has 1 aliphatic carbocycles. The zero-order chi connectivity index (χ0) is 20.5. The summed E-state index contributed by atoms with van der Waals surface area (Å²) in [6, 6.07) is 8.89. The van der Waals surface area contributed by atoms with Crippen LogP contribution in [0.15, 0.2) is 35.7 Å². The Kier molecular flexibility index (Phi) is 4.99. The van der Waals surface area contributed by atoms with Crippen molar-refractivity contribution >= 4 is 33.9 Å². The second-order valence-corrected chi connectivity index (χ2v) is 7.78. The number of esters is 1. The van der Waals surface area contributed by atoms with Crippen molar-refractivity contribution < 1.29 is 19.1 Å². The third kappa shape index (κ3) is 3.04. The molecule has 2 aliphatic rings. The lowest BCUT2D eigenvalue weighted by Crippen LogP contribution is -2.40. The first-order valence-corrected chi connectivity index (χ1v) is 10.0. The Morgan fingerprint density at radius 3 is 2.72 bits per heavy atom. The maximum absolute atomic E-state index is 13.7. The van der Waals surface area contributed by atoms with Crippen molar-refractivity contribution in [1.29, 1.82) is 5.26 Å². The lowest BCUT2D eigenvalue weighted by Gasteiger charge is -2.32. The first kappa shape index (κ1) is 19.0.